The molecule has 7 nitrogen and oxygen atoms in total. The molecule has 2 aliphatic heterocycles. The highest BCUT2D eigenvalue weighted by atomic mass is 19.4. The second-order valence-corrected chi connectivity index (χ2v) is 7.82. The summed E-state index contributed by atoms with van der Waals surface area (Å²) < 4.78 is 42.4. The van der Waals surface area contributed by atoms with E-state index in [2.05, 4.69) is 21.7 Å². The quantitative estimate of drug-likeness (QED) is 0.543. The number of halogens is 3. The average molecular weight is 416 g/mol. The van der Waals surface area contributed by atoms with Gasteiger partial charge in [0.2, 0.25) is 0 Å². The van der Waals surface area contributed by atoms with E-state index < -0.39 is 23.4 Å². The van der Waals surface area contributed by atoms with Crippen LogP contribution in [-0.4, -0.2) is 79.9 Å². The Hall–Kier alpha value is -2.07. The van der Waals surface area contributed by atoms with Crippen molar-refractivity contribution in [1.29, 1.82) is 0 Å². The molecule has 0 bridgehead atoms. The number of nitro benzene ring substituents is 1. The average Bonchev–Trinajstić information content (AvgIpc) is 2.67. The van der Waals surface area contributed by atoms with Crippen molar-refractivity contribution in [3.63, 3.8) is 0 Å². The smallest absolute Gasteiger partial charge is 0.422 e. The molecule has 0 radical (unpaired) electrons. The number of piperazine rings is 1. The number of aryl methyl sites for hydroxylation is 1. The number of likely N-dealkylation sites (N-methyl/N-ethyl adjacent to an activating group) is 1. The molecule has 2 aliphatic rings. The number of nitro groups is 1. The number of hydrogen-bond donors (Lipinski definition) is 0. The highest BCUT2D eigenvalue weighted by Crippen LogP contribution is 2.37. The van der Waals surface area contributed by atoms with Gasteiger partial charge >= 0.3 is 11.9 Å². The van der Waals surface area contributed by atoms with Crippen LogP contribution in [0.15, 0.2) is 12.1 Å². The van der Waals surface area contributed by atoms with Gasteiger partial charge < -0.3 is 14.5 Å². The van der Waals surface area contributed by atoms with Crippen LogP contribution in [0.5, 0.6) is 5.75 Å². The molecular formula is C19H27F3N4O3. The van der Waals surface area contributed by atoms with Crippen molar-refractivity contribution in [2.75, 3.05) is 57.8 Å². The topological polar surface area (TPSA) is 62.1 Å². The molecule has 2 fully saturated rings. The lowest BCUT2D eigenvalue weighted by Gasteiger charge is -2.42. The molecule has 2 heterocycles. The van der Waals surface area contributed by atoms with Crippen LogP contribution in [0, 0.1) is 17.0 Å². The molecule has 0 saturated carbocycles. The molecule has 0 atom stereocenters. The van der Waals surface area contributed by atoms with Gasteiger partial charge in [-0.15, -0.1) is 0 Å². The van der Waals surface area contributed by atoms with Gasteiger partial charge in [0.1, 0.15) is 0 Å². The Morgan fingerprint density at radius 2 is 1.76 bits per heavy atom. The number of alkyl halides is 3. The van der Waals surface area contributed by atoms with E-state index in [1.165, 1.54) is 12.1 Å². The zero-order valence-corrected chi connectivity index (χ0v) is 16.7. The van der Waals surface area contributed by atoms with E-state index in [9.17, 15) is 23.3 Å². The molecule has 29 heavy (non-hydrogen) atoms. The van der Waals surface area contributed by atoms with Crippen LogP contribution in [0.4, 0.5) is 24.5 Å². The Bertz CT molecular complexity index is 728. The summed E-state index contributed by atoms with van der Waals surface area (Å²) in [5.41, 5.74) is 0.918. The van der Waals surface area contributed by atoms with Crippen molar-refractivity contribution in [2.24, 2.45) is 0 Å². The first-order valence-electron chi connectivity index (χ1n) is 9.80. The van der Waals surface area contributed by atoms with Crippen molar-refractivity contribution in [3.8, 4) is 5.75 Å². The minimum absolute atomic E-state index is 0.339. The second kappa shape index (κ2) is 8.74. The van der Waals surface area contributed by atoms with Gasteiger partial charge in [0.15, 0.2) is 12.4 Å². The number of rotatable bonds is 5. The fraction of sp³-hybridized carbons (Fsp3) is 0.684. The molecule has 0 N–H and O–H groups in total. The zero-order valence-electron chi connectivity index (χ0n) is 16.7. The van der Waals surface area contributed by atoms with E-state index in [0.29, 0.717) is 17.3 Å². The van der Waals surface area contributed by atoms with Crippen LogP contribution in [0.25, 0.3) is 0 Å². The third kappa shape index (κ3) is 5.51. The SMILES string of the molecule is Cc1cc([N+](=O)[O-])c(OCC(F)(F)F)cc1N1CCC(N2CCN(C)CC2)CC1. The third-order valence-electron chi connectivity index (χ3n) is 5.72. The molecular weight excluding hydrogens is 389 g/mol. The largest absolute Gasteiger partial charge is 0.477 e. The maximum absolute atomic E-state index is 12.5. The first kappa shape index (κ1) is 21.6. The summed E-state index contributed by atoms with van der Waals surface area (Å²) in [6, 6.07) is 3.18. The van der Waals surface area contributed by atoms with E-state index in [4.69, 9.17) is 4.74 Å². The monoisotopic (exact) mass is 416 g/mol. The predicted molar refractivity (Wildman–Crippen MR) is 104 cm³/mol. The summed E-state index contributed by atoms with van der Waals surface area (Å²) >= 11 is 0. The minimum Gasteiger partial charge on any atom is -0.477 e. The number of hydrogen-bond acceptors (Lipinski definition) is 6. The van der Waals surface area contributed by atoms with E-state index in [1.54, 1.807) is 6.92 Å². The maximum Gasteiger partial charge on any atom is 0.422 e. The predicted octanol–water partition coefficient (Wildman–Crippen LogP) is 3.06. The number of anilines is 1. The Morgan fingerprint density at radius 3 is 2.31 bits per heavy atom. The van der Waals surface area contributed by atoms with Crippen molar-refractivity contribution in [3.05, 3.63) is 27.8 Å². The Labute approximate surface area is 168 Å². The van der Waals surface area contributed by atoms with E-state index in [1.807, 2.05) is 0 Å². The number of piperidine rings is 1. The Kier molecular flexibility index (Phi) is 6.52. The molecule has 0 aliphatic carbocycles. The van der Waals surface area contributed by atoms with Gasteiger partial charge in [-0.2, -0.15) is 13.2 Å². The molecule has 162 valence electrons. The number of ether oxygens (including phenoxy) is 1. The minimum atomic E-state index is -4.56. The zero-order chi connectivity index (χ0) is 21.2. The lowest BCUT2D eigenvalue weighted by Crippen LogP contribution is -2.52. The van der Waals surface area contributed by atoms with Gasteiger partial charge in [-0.3, -0.25) is 15.0 Å². The van der Waals surface area contributed by atoms with Gasteiger partial charge in [0.05, 0.1) is 4.92 Å². The highest BCUT2D eigenvalue weighted by Gasteiger charge is 2.32. The summed E-state index contributed by atoms with van der Waals surface area (Å²) in [7, 11) is 2.12. The molecule has 2 saturated heterocycles. The van der Waals surface area contributed by atoms with Crippen molar-refractivity contribution < 1.29 is 22.8 Å². The van der Waals surface area contributed by atoms with Gasteiger partial charge in [-0.1, -0.05) is 0 Å². The number of benzene rings is 1. The summed E-state index contributed by atoms with van der Waals surface area (Å²) in [5.74, 6) is -0.339. The molecule has 10 heteroatoms. The third-order valence-corrected chi connectivity index (χ3v) is 5.72. The van der Waals surface area contributed by atoms with Crippen molar-refractivity contribution >= 4 is 11.4 Å². The van der Waals surface area contributed by atoms with Gasteiger partial charge in [-0.25, -0.2) is 0 Å². The highest BCUT2D eigenvalue weighted by molar-refractivity contribution is 5.64. The van der Waals surface area contributed by atoms with Crippen LogP contribution in [0.3, 0.4) is 0 Å². The Balaban J connectivity index is 1.71. The first-order chi connectivity index (χ1) is 13.6. The lowest BCUT2D eigenvalue weighted by atomic mass is 10.0. The fourth-order valence-corrected chi connectivity index (χ4v) is 4.08. The van der Waals surface area contributed by atoms with Crippen LogP contribution >= 0.6 is 0 Å². The normalized spacial score (nSPS) is 20.1. The lowest BCUT2D eigenvalue weighted by molar-refractivity contribution is -0.386. The molecule has 3 rings (SSSR count). The maximum atomic E-state index is 12.5. The molecule has 0 spiro atoms. The van der Waals surface area contributed by atoms with E-state index in [0.717, 1.165) is 52.1 Å². The van der Waals surface area contributed by atoms with Crippen LogP contribution in [0.2, 0.25) is 0 Å². The van der Waals surface area contributed by atoms with Gasteiger partial charge in [-0.05, 0) is 32.4 Å². The standard InChI is InChI=1S/C19H27F3N4O3/c1-14-11-17(26(27)28)18(29-13-19(20,21)22)12-16(14)25-5-3-15(4-6-25)24-9-7-23(2)8-10-24/h11-12,15H,3-10,13H2,1-2H3. The fourth-order valence-electron chi connectivity index (χ4n) is 4.08. The molecule has 1 aromatic rings. The number of nitrogens with zero attached hydrogens (tertiary/aromatic N) is 4. The van der Waals surface area contributed by atoms with Crippen LogP contribution in [-0.2, 0) is 0 Å². The van der Waals surface area contributed by atoms with Crippen molar-refractivity contribution in [1.82, 2.24) is 9.80 Å². The van der Waals surface area contributed by atoms with E-state index >= 15 is 0 Å². The second-order valence-electron chi connectivity index (χ2n) is 7.82. The first-order valence-corrected chi connectivity index (χ1v) is 9.80. The summed E-state index contributed by atoms with van der Waals surface area (Å²) in [6.45, 7) is 5.91. The van der Waals surface area contributed by atoms with Crippen molar-refractivity contribution in [2.45, 2.75) is 32.0 Å². The summed E-state index contributed by atoms with van der Waals surface area (Å²) in [5, 5.41) is 11.2. The van der Waals surface area contributed by atoms with Gasteiger partial charge in [0, 0.05) is 63.1 Å². The summed E-state index contributed by atoms with van der Waals surface area (Å²) in [4.78, 5) is 17.5. The molecule has 0 unspecified atom stereocenters. The molecule has 0 aromatic heterocycles. The van der Waals surface area contributed by atoms with Gasteiger partial charge in [0.25, 0.3) is 0 Å². The Morgan fingerprint density at radius 1 is 1.14 bits per heavy atom. The van der Waals surface area contributed by atoms with Crippen LogP contribution in [0.1, 0.15) is 18.4 Å². The molecule has 1 aromatic carbocycles. The summed E-state index contributed by atoms with van der Waals surface area (Å²) in [6.07, 6.45) is -2.64. The molecule has 0 amide bonds. The van der Waals surface area contributed by atoms with E-state index in [-0.39, 0.29) is 5.75 Å². The van der Waals surface area contributed by atoms with Crippen LogP contribution < -0.4 is 9.64 Å².